The summed E-state index contributed by atoms with van der Waals surface area (Å²) in [6.45, 7) is 4.47. The molecular weight excluding hydrogens is 453 g/mol. The lowest BCUT2D eigenvalue weighted by molar-refractivity contribution is -0.121. The van der Waals surface area contributed by atoms with Crippen LogP contribution in [0.4, 0.5) is 5.69 Å². The van der Waals surface area contributed by atoms with E-state index in [-0.39, 0.29) is 17.4 Å². The Labute approximate surface area is 191 Å². The summed E-state index contributed by atoms with van der Waals surface area (Å²) >= 11 is 23.3. The SMILES string of the molecule is CCOc1ccc(NC(=S)NC(NC(=O)Cc2ccc(C)cc2)C(Cl)(Cl)Cl)cc1. The first-order chi connectivity index (χ1) is 13.7. The maximum Gasteiger partial charge on any atom is 0.228 e. The van der Waals surface area contributed by atoms with E-state index >= 15 is 0 Å². The summed E-state index contributed by atoms with van der Waals surface area (Å²) in [4.78, 5) is 12.4. The van der Waals surface area contributed by atoms with E-state index in [2.05, 4.69) is 16.0 Å². The monoisotopic (exact) mass is 473 g/mol. The lowest BCUT2D eigenvalue weighted by Crippen LogP contribution is -2.56. The minimum absolute atomic E-state index is 0.151. The van der Waals surface area contributed by atoms with Crippen LogP contribution >= 0.6 is 47.0 Å². The summed E-state index contributed by atoms with van der Waals surface area (Å²) in [6.07, 6.45) is -0.869. The molecule has 156 valence electrons. The highest BCUT2D eigenvalue weighted by Gasteiger charge is 2.34. The fraction of sp³-hybridized carbons (Fsp3) is 0.300. The molecule has 1 amide bonds. The molecule has 0 saturated heterocycles. The molecule has 0 saturated carbocycles. The zero-order valence-corrected chi connectivity index (χ0v) is 19.1. The Kier molecular flexibility index (Phi) is 8.83. The predicted octanol–water partition coefficient (Wildman–Crippen LogP) is 4.74. The molecule has 1 atom stereocenters. The highest BCUT2D eigenvalue weighted by Crippen LogP contribution is 2.29. The van der Waals surface area contributed by atoms with Crippen molar-refractivity contribution in [3.05, 3.63) is 59.7 Å². The summed E-state index contributed by atoms with van der Waals surface area (Å²) in [5.74, 6) is 0.445. The Morgan fingerprint density at radius 2 is 1.69 bits per heavy atom. The Morgan fingerprint density at radius 3 is 2.24 bits per heavy atom. The number of anilines is 1. The molecule has 2 aromatic carbocycles. The second kappa shape index (κ2) is 10.9. The Balaban J connectivity index is 1.95. The maximum atomic E-state index is 12.4. The number of carbonyl (C=O) groups is 1. The standard InChI is InChI=1S/C20H22Cl3N3O2S/c1-3-28-16-10-8-15(9-11-16)24-19(29)26-18(20(21,22)23)25-17(27)12-14-6-4-13(2)5-7-14/h4-11,18H,3,12H2,1-2H3,(H,25,27)(H2,24,26,29). The van der Waals surface area contributed by atoms with Crippen LogP contribution in [0.15, 0.2) is 48.5 Å². The van der Waals surface area contributed by atoms with Gasteiger partial charge in [-0.05, 0) is 55.9 Å². The fourth-order valence-corrected chi connectivity index (χ4v) is 2.97. The van der Waals surface area contributed by atoms with Crippen molar-refractivity contribution in [3.63, 3.8) is 0 Å². The number of ether oxygens (including phenoxy) is 1. The largest absolute Gasteiger partial charge is 0.494 e. The molecule has 0 fully saturated rings. The number of amides is 1. The van der Waals surface area contributed by atoms with Gasteiger partial charge in [-0.3, -0.25) is 4.79 Å². The molecule has 0 bridgehead atoms. The minimum Gasteiger partial charge on any atom is -0.494 e. The highest BCUT2D eigenvalue weighted by atomic mass is 35.6. The van der Waals surface area contributed by atoms with Crippen LogP contribution < -0.4 is 20.7 Å². The van der Waals surface area contributed by atoms with Gasteiger partial charge in [0.1, 0.15) is 11.9 Å². The molecule has 0 aliphatic heterocycles. The van der Waals surface area contributed by atoms with Gasteiger partial charge >= 0.3 is 0 Å². The van der Waals surface area contributed by atoms with E-state index < -0.39 is 9.96 Å². The van der Waals surface area contributed by atoms with Gasteiger partial charge in [-0.2, -0.15) is 0 Å². The third-order valence-electron chi connectivity index (χ3n) is 3.82. The zero-order chi connectivity index (χ0) is 21.4. The number of aryl methyl sites for hydroxylation is 1. The van der Waals surface area contributed by atoms with Gasteiger partial charge in [-0.15, -0.1) is 0 Å². The summed E-state index contributed by atoms with van der Waals surface area (Å²) in [7, 11) is 0. The number of alkyl halides is 3. The third-order valence-corrected chi connectivity index (χ3v) is 4.69. The van der Waals surface area contributed by atoms with E-state index in [1.54, 1.807) is 12.1 Å². The first-order valence-electron chi connectivity index (χ1n) is 8.89. The number of hydrogen-bond donors (Lipinski definition) is 3. The Bertz CT molecular complexity index is 824. The molecule has 0 radical (unpaired) electrons. The first kappa shape index (κ1) is 23.5. The average Bonchev–Trinajstić information content (AvgIpc) is 2.64. The van der Waals surface area contributed by atoms with Crippen LogP contribution in [0.5, 0.6) is 5.75 Å². The number of carbonyl (C=O) groups excluding carboxylic acids is 1. The van der Waals surface area contributed by atoms with Gasteiger partial charge in [0, 0.05) is 5.69 Å². The maximum absolute atomic E-state index is 12.4. The van der Waals surface area contributed by atoms with Gasteiger partial charge in [0.2, 0.25) is 9.70 Å². The van der Waals surface area contributed by atoms with Crippen LogP contribution in [0.3, 0.4) is 0 Å². The molecule has 9 heteroatoms. The van der Waals surface area contributed by atoms with Crippen molar-refractivity contribution in [2.24, 2.45) is 0 Å². The molecule has 0 aromatic heterocycles. The van der Waals surface area contributed by atoms with Gasteiger partial charge in [0.05, 0.1) is 13.0 Å². The molecule has 29 heavy (non-hydrogen) atoms. The summed E-state index contributed by atoms with van der Waals surface area (Å²) in [5, 5.41) is 8.68. The van der Waals surface area contributed by atoms with Crippen molar-refractivity contribution in [3.8, 4) is 5.75 Å². The number of benzene rings is 2. The van der Waals surface area contributed by atoms with Crippen molar-refractivity contribution in [2.45, 2.75) is 30.2 Å². The number of rotatable bonds is 7. The molecule has 3 N–H and O–H groups in total. The molecule has 0 aliphatic carbocycles. The second-order valence-electron chi connectivity index (χ2n) is 6.26. The average molecular weight is 475 g/mol. The number of hydrogen-bond acceptors (Lipinski definition) is 3. The number of halogens is 3. The van der Waals surface area contributed by atoms with Crippen molar-refractivity contribution >= 4 is 63.7 Å². The van der Waals surface area contributed by atoms with Gasteiger partial charge in [0.15, 0.2) is 5.11 Å². The van der Waals surface area contributed by atoms with E-state index in [1.807, 2.05) is 50.2 Å². The van der Waals surface area contributed by atoms with E-state index in [4.69, 9.17) is 51.8 Å². The smallest absolute Gasteiger partial charge is 0.228 e. The molecule has 2 aromatic rings. The first-order valence-corrected chi connectivity index (χ1v) is 10.4. The Hall–Kier alpha value is -1.73. The van der Waals surface area contributed by atoms with Gasteiger partial charge in [-0.1, -0.05) is 64.6 Å². The quantitative estimate of drug-likeness (QED) is 0.307. The molecule has 0 heterocycles. The molecule has 0 spiro atoms. The normalized spacial score (nSPS) is 12.0. The van der Waals surface area contributed by atoms with E-state index in [0.717, 1.165) is 22.6 Å². The summed E-state index contributed by atoms with van der Waals surface area (Å²) in [6, 6.07) is 14.9. The number of thiocarbonyl (C=S) groups is 1. The lowest BCUT2D eigenvalue weighted by atomic mass is 10.1. The van der Waals surface area contributed by atoms with E-state index in [1.165, 1.54) is 0 Å². The molecular formula is C20H22Cl3N3O2S. The molecule has 2 rings (SSSR count). The van der Waals surface area contributed by atoms with Gasteiger partial charge < -0.3 is 20.7 Å². The predicted molar refractivity (Wildman–Crippen MR) is 124 cm³/mol. The van der Waals surface area contributed by atoms with Crippen LogP contribution in [0, 0.1) is 6.92 Å². The fourth-order valence-electron chi connectivity index (χ4n) is 2.40. The van der Waals surface area contributed by atoms with Crippen LogP contribution in [0.25, 0.3) is 0 Å². The van der Waals surface area contributed by atoms with Crippen LogP contribution in [-0.4, -0.2) is 27.6 Å². The van der Waals surface area contributed by atoms with Gasteiger partial charge in [-0.25, -0.2) is 0 Å². The topological polar surface area (TPSA) is 62.4 Å². The third kappa shape index (κ3) is 8.26. The van der Waals surface area contributed by atoms with E-state index in [0.29, 0.717) is 6.61 Å². The van der Waals surface area contributed by atoms with Crippen LogP contribution in [0.1, 0.15) is 18.1 Å². The van der Waals surface area contributed by atoms with Crippen molar-refractivity contribution in [1.82, 2.24) is 10.6 Å². The number of nitrogens with one attached hydrogen (secondary N) is 3. The lowest BCUT2D eigenvalue weighted by Gasteiger charge is -2.27. The molecule has 0 aliphatic rings. The van der Waals surface area contributed by atoms with Crippen LogP contribution in [0.2, 0.25) is 0 Å². The van der Waals surface area contributed by atoms with Crippen LogP contribution in [-0.2, 0) is 11.2 Å². The van der Waals surface area contributed by atoms with Crippen molar-refractivity contribution in [1.29, 1.82) is 0 Å². The Morgan fingerprint density at radius 1 is 1.07 bits per heavy atom. The van der Waals surface area contributed by atoms with E-state index in [9.17, 15) is 4.79 Å². The summed E-state index contributed by atoms with van der Waals surface area (Å²) in [5.41, 5.74) is 2.69. The van der Waals surface area contributed by atoms with Crippen molar-refractivity contribution in [2.75, 3.05) is 11.9 Å². The minimum atomic E-state index is -1.81. The van der Waals surface area contributed by atoms with Gasteiger partial charge in [0.25, 0.3) is 0 Å². The molecule has 1 unspecified atom stereocenters. The second-order valence-corrected chi connectivity index (χ2v) is 9.04. The summed E-state index contributed by atoms with van der Waals surface area (Å²) < 4.78 is 3.59. The zero-order valence-electron chi connectivity index (χ0n) is 16.0. The highest BCUT2D eigenvalue weighted by molar-refractivity contribution is 7.80. The van der Waals surface area contributed by atoms with Crippen molar-refractivity contribution < 1.29 is 9.53 Å². The molecule has 5 nitrogen and oxygen atoms in total.